The summed E-state index contributed by atoms with van der Waals surface area (Å²) >= 11 is 0. The van der Waals surface area contributed by atoms with Gasteiger partial charge in [-0.2, -0.15) is 0 Å². The van der Waals surface area contributed by atoms with Crippen LogP contribution < -0.4 is 5.73 Å². The largest absolute Gasteiger partial charge is 0.383 e. The topological polar surface area (TPSA) is 38.5 Å². The molecule has 3 heteroatoms. The van der Waals surface area contributed by atoms with E-state index in [-0.39, 0.29) is 6.04 Å². The molecule has 0 bridgehead atoms. The number of hydrogen-bond acceptors (Lipinski definition) is 3. The summed E-state index contributed by atoms with van der Waals surface area (Å²) in [5.41, 5.74) is 5.70. The van der Waals surface area contributed by atoms with Gasteiger partial charge in [-0.3, -0.25) is 4.90 Å². The molecule has 3 nitrogen and oxygen atoms in total. The summed E-state index contributed by atoms with van der Waals surface area (Å²) in [6.45, 7) is 3.05. The summed E-state index contributed by atoms with van der Waals surface area (Å²) < 4.78 is 5.13. The van der Waals surface area contributed by atoms with Crippen molar-refractivity contribution in [2.45, 2.75) is 18.9 Å². The van der Waals surface area contributed by atoms with Gasteiger partial charge in [0.15, 0.2) is 0 Å². The van der Waals surface area contributed by atoms with Crippen LogP contribution in [0.25, 0.3) is 0 Å². The Balaban J connectivity index is 2.39. The zero-order chi connectivity index (χ0) is 10.4. The smallest absolute Gasteiger partial charge is 0.0630 e. The van der Waals surface area contributed by atoms with E-state index in [4.69, 9.17) is 16.9 Å². The maximum atomic E-state index is 5.70. The Morgan fingerprint density at radius 3 is 2.79 bits per heavy atom. The van der Waals surface area contributed by atoms with Crippen LogP contribution in [0.2, 0.25) is 0 Å². The monoisotopic (exact) mass is 196 g/mol. The second-order valence-corrected chi connectivity index (χ2v) is 3.92. The highest BCUT2D eigenvalue weighted by Gasteiger charge is 2.27. The van der Waals surface area contributed by atoms with E-state index in [0.29, 0.717) is 19.7 Å². The summed E-state index contributed by atoms with van der Waals surface area (Å²) in [7, 11) is 1.70. The molecule has 1 atom stereocenters. The van der Waals surface area contributed by atoms with Crippen molar-refractivity contribution in [3.8, 4) is 12.3 Å². The van der Waals surface area contributed by atoms with Crippen molar-refractivity contribution in [2.75, 3.05) is 33.4 Å². The molecular weight excluding hydrogens is 176 g/mol. The molecule has 1 aliphatic carbocycles. The Bertz CT molecular complexity index is 196. The van der Waals surface area contributed by atoms with Crippen molar-refractivity contribution in [2.24, 2.45) is 11.7 Å². The van der Waals surface area contributed by atoms with E-state index in [1.807, 2.05) is 0 Å². The van der Waals surface area contributed by atoms with E-state index >= 15 is 0 Å². The minimum absolute atomic E-state index is 0.275. The van der Waals surface area contributed by atoms with Gasteiger partial charge >= 0.3 is 0 Å². The Labute approximate surface area is 86.6 Å². The molecule has 0 aliphatic heterocycles. The highest BCUT2D eigenvalue weighted by Crippen LogP contribution is 2.30. The first-order chi connectivity index (χ1) is 6.81. The maximum Gasteiger partial charge on any atom is 0.0630 e. The zero-order valence-electron chi connectivity index (χ0n) is 8.91. The second-order valence-electron chi connectivity index (χ2n) is 3.92. The van der Waals surface area contributed by atoms with Crippen molar-refractivity contribution in [1.29, 1.82) is 0 Å². The first-order valence-electron chi connectivity index (χ1n) is 5.18. The van der Waals surface area contributed by atoms with Crippen molar-refractivity contribution in [1.82, 2.24) is 4.90 Å². The van der Waals surface area contributed by atoms with Crippen molar-refractivity contribution < 1.29 is 4.74 Å². The highest BCUT2D eigenvalue weighted by molar-refractivity contribution is 4.92. The molecule has 80 valence electrons. The first kappa shape index (κ1) is 11.5. The average molecular weight is 196 g/mol. The van der Waals surface area contributed by atoms with E-state index in [1.165, 1.54) is 12.8 Å². The molecular formula is C11H20N2O. The fraction of sp³-hybridized carbons (Fsp3) is 0.818. The molecule has 2 N–H and O–H groups in total. The van der Waals surface area contributed by atoms with Gasteiger partial charge in [-0.25, -0.2) is 0 Å². The minimum atomic E-state index is 0.275. The van der Waals surface area contributed by atoms with Gasteiger partial charge in [0.05, 0.1) is 13.2 Å². The third kappa shape index (κ3) is 3.67. The number of rotatable bonds is 7. The summed E-state index contributed by atoms with van der Waals surface area (Å²) in [5.74, 6) is 3.53. The van der Waals surface area contributed by atoms with E-state index < -0.39 is 0 Å². The van der Waals surface area contributed by atoms with Crippen LogP contribution in [0.3, 0.4) is 0 Å². The zero-order valence-corrected chi connectivity index (χ0v) is 8.91. The number of hydrogen-bond donors (Lipinski definition) is 1. The van der Waals surface area contributed by atoms with Crippen LogP contribution in [0.1, 0.15) is 12.8 Å². The van der Waals surface area contributed by atoms with Crippen molar-refractivity contribution in [3.05, 3.63) is 0 Å². The average Bonchev–Trinajstić information content (AvgIpc) is 2.97. The van der Waals surface area contributed by atoms with Gasteiger partial charge < -0.3 is 10.5 Å². The number of methoxy groups -OCH3 is 1. The Morgan fingerprint density at radius 2 is 2.36 bits per heavy atom. The molecule has 0 amide bonds. The Morgan fingerprint density at radius 1 is 1.64 bits per heavy atom. The standard InChI is InChI=1S/C11H20N2O/c1-3-6-13(8-10-4-5-10)11(7-12)9-14-2/h1,10-11H,4-9,12H2,2H3. The van der Waals surface area contributed by atoms with Gasteiger partial charge in [0.25, 0.3) is 0 Å². The van der Waals surface area contributed by atoms with Gasteiger partial charge in [0.2, 0.25) is 0 Å². The van der Waals surface area contributed by atoms with E-state index in [0.717, 1.165) is 12.5 Å². The van der Waals surface area contributed by atoms with Gasteiger partial charge in [0.1, 0.15) is 0 Å². The van der Waals surface area contributed by atoms with Gasteiger partial charge in [0, 0.05) is 26.2 Å². The van der Waals surface area contributed by atoms with Crippen LogP contribution in [0.5, 0.6) is 0 Å². The molecule has 0 radical (unpaired) electrons. The lowest BCUT2D eigenvalue weighted by atomic mass is 10.2. The molecule has 0 aromatic carbocycles. The minimum Gasteiger partial charge on any atom is -0.383 e. The lowest BCUT2D eigenvalue weighted by molar-refractivity contribution is 0.0996. The summed E-state index contributed by atoms with van der Waals surface area (Å²) in [6.07, 6.45) is 8.02. The Kier molecular flexibility index (Phi) is 4.95. The van der Waals surface area contributed by atoms with Gasteiger partial charge in [-0.05, 0) is 18.8 Å². The van der Waals surface area contributed by atoms with Crippen LogP contribution in [0, 0.1) is 18.3 Å². The molecule has 0 saturated heterocycles. The molecule has 1 rings (SSSR count). The quantitative estimate of drug-likeness (QED) is 0.595. The normalized spacial score (nSPS) is 18.1. The molecule has 1 unspecified atom stereocenters. The molecule has 1 saturated carbocycles. The molecule has 1 aliphatic rings. The van der Waals surface area contributed by atoms with E-state index in [2.05, 4.69) is 10.8 Å². The lowest BCUT2D eigenvalue weighted by Gasteiger charge is -2.28. The molecule has 1 fully saturated rings. The van der Waals surface area contributed by atoms with Crippen LogP contribution in [0.4, 0.5) is 0 Å². The van der Waals surface area contributed by atoms with Gasteiger partial charge in [-0.1, -0.05) is 5.92 Å². The fourth-order valence-corrected chi connectivity index (χ4v) is 1.61. The predicted molar refractivity (Wildman–Crippen MR) is 57.8 cm³/mol. The highest BCUT2D eigenvalue weighted by atomic mass is 16.5. The van der Waals surface area contributed by atoms with Crippen LogP contribution >= 0.6 is 0 Å². The first-order valence-corrected chi connectivity index (χ1v) is 5.18. The summed E-state index contributed by atoms with van der Waals surface area (Å²) in [4.78, 5) is 2.27. The van der Waals surface area contributed by atoms with Gasteiger partial charge in [-0.15, -0.1) is 6.42 Å². The second kappa shape index (κ2) is 6.02. The molecule has 0 spiro atoms. The SMILES string of the molecule is C#CCN(CC1CC1)C(CN)COC. The molecule has 0 aromatic rings. The fourth-order valence-electron chi connectivity index (χ4n) is 1.61. The molecule has 0 heterocycles. The van der Waals surface area contributed by atoms with Crippen molar-refractivity contribution >= 4 is 0 Å². The number of terminal acetylenes is 1. The number of nitrogens with two attached hydrogens (primary N) is 1. The number of ether oxygens (including phenoxy) is 1. The molecule has 14 heavy (non-hydrogen) atoms. The summed E-state index contributed by atoms with van der Waals surface area (Å²) in [5, 5.41) is 0. The van der Waals surface area contributed by atoms with Crippen LogP contribution in [0.15, 0.2) is 0 Å². The lowest BCUT2D eigenvalue weighted by Crippen LogP contribution is -2.44. The number of nitrogens with zero attached hydrogens (tertiary/aromatic N) is 1. The maximum absolute atomic E-state index is 5.70. The summed E-state index contributed by atoms with van der Waals surface area (Å²) in [6, 6.07) is 0.275. The van der Waals surface area contributed by atoms with Crippen LogP contribution in [-0.2, 0) is 4.74 Å². The predicted octanol–water partition coefficient (Wildman–Crippen LogP) is 0.305. The third-order valence-corrected chi connectivity index (χ3v) is 2.63. The van der Waals surface area contributed by atoms with E-state index in [1.54, 1.807) is 7.11 Å². The van der Waals surface area contributed by atoms with Crippen molar-refractivity contribution in [3.63, 3.8) is 0 Å². The third-order valence-electron chi connectivity index (χ3n) is 2.63. The molecule has 0 aromatic heterocycles. The Hall–Kier alpha value is -0.560. The van der Waals surface area contributed by atoms with E-state index in [9.17, 15) is 0 Å². The van der Waals surface area contributed by atoms with Crippen LogP contribution in [-0.4, -0.2) is 44.3 Å².